The monoisotopic (exact) mass is 281 g/mol. The van der Waals surface area contributed by atoms with E-state index in [0.717, 1.165) is 32.6 Å². The summed E-state index contributed by atoms with van der Waals surface area (Å²) in [4.78, 5) is 30.0. The molecule has 1 atom stereocenters. The van der Waals surface area contributed by atoms with Gasteiger partial charge < -0.3 is 4.90 Å². The predicted octanol–water partition coefficient (Wildman–Crippen LogP) is 0.594. The average molecular weight is 281 g/mol. The van der Waals surface area contributed by atoms with Crippen LogP contribution < -0.4 is 0 Å². The second kappa shape index (κ2) is 7.18. The van der Waals surface area contributed by atoms with E-state index < -0.39 is 0 Å². The zero-order valence-electron chi connectivity index (χ0n) is 12.8. The van der Waals surface area contributed by atoms with Crippen molar-refractivity contribution in [2.45, 2.75) is 39.2 Å². The van der Waals surface area contributed by atoms with Crippen LogP contribution in [0.1, 0.15) is 33.1 Å². The molecule has 2 saturated heterocycles. The number of carbonyl (C=O) groups excluding carboxylic acids is 2. The minimum absolute atomic E-state index is 0.192. The lowest BCUT2D eigenvalue weighted by atomic mass is 10.1. The molecule has 2 fully saturated rings. The van der Waals surface area contributed by atoms with Gasteiger partial charge in [-0.15, -0.1) is 0 Å². The first kappa shape index (κ1) is 15.4. The Morgan fingerprint density at radius 3 is 2.45 bits per heavy atom. The normalized spacial score (nSPS) is 24.6. The zero-order valence-corrected chi connectivity index (χ0v) is 12.8. The van der Waals surface area contributed by atoms with Crippen molar-refractivity contribution >= 4 is 11.7 Å². The van der Waals surface area contributed by atoms with Gasteiger partial charge in [-0.25, -0.2) is 0 Å². The number of carbonyl (C=O) groups is 2. The number of likely N-dealkylation sites (tertiary alicyclic amines) is 2. The lowest BCUT2D eigenvalue weighted by Gasteiger charge is -2.29. The summed E-state index contributed by atoms with van der Waals surface area (Å²) >= 11 is 0. The van der Waals surface area contributed by atoms with E-state index in [9.17, 15) is 9.59 Å². The van der Waals surface area contributed by atoms with E-state index in [-0.39, 0.29) is 11.7 Å². The SMILES string of the molecule is CCN(CC)C1CCN(CC(=O)N2CCC(=O)CC2)C1. The van der Waals surface area contributed by atoms with Crippen molar-refractivity contribution in [1.82, 2.24) is 14.7 Å². The van der Waals surface area contributed by atoms with Crippen LogP contribution in [0, 0.1) is 0 Å². The molecule has 0 aromatic rings. The van der Waals surface area contributed by atoms with Crippen LogP contribution in [0.2, 0.25) is 0 Å². The molecule has 0 bridgehead atoms. The van der Waals surface area contributed by atoms with E-state index in [1.807, 2.05) is 4.90 Å². The van der Waals surface area contributed by atoms with Crippen LogP contribution in [0.3, 0.4) is 0 Å². The molecule has 0 saturated carbocycles. The Bertz CT molecular complexity index is 345. The Morgan fingerprint density at radius 1 is 1.20 bits per heavy atom. The maximum Gasteiger partial charge on any atom is 0.236 e. The number of hydrogen-bond donors (Lipinski definition) is 0. The Labute approximate surface area is 121 Å². The van der Waals surface area contributed by atoms with Gasteiger partial charge in [-0.05, 0) is 19.5 Å². The van der Waals surface area contributed by atoms with Gasteiger partial charge in [0.1, 0.15) is 5.78 Å². The number of nitrogens with zero attached hydrogens (tertiary/aromatic N) is 3. The predicted molar refractivity (Wildman–Crippen MR) is 78.6 cm³/mol. The molecule has 0 aliphatic carbocycles. The summed E-state index contributed by atoms with van der Waals surface area (Å²) < 4.78 is 0. The average Bonchev–Trinajstić information content (AvgIpc) is 2.89. The molecule has 20 heavy (non-hydrogen) atoms. The highest BCUT2D eigenvalue weighted by Gasteiger charge is 2.29. The highest BCUT2D eigenvalue weighted by atomic mass is 16.2. The maximum absolute atomic E-state index is 12.2. The summed E-state index contributed by atoms with van der Waals surface area (Å²) in [6.45, 7) is 10.3. The van der Waals surface area contributed by atoms with E-state index in [1.165, 1.54) is 0 Å². The molecule has 1 amide bonds. The first-order chi connectivity index (χ1) is 9.63. The van der Waals surface area contributed by atoms with Crippen molar-refractivity contribution in [3.05, 3.63) is 0 Å². The van der Waals surface area contributed by atoms with E-state index in [1.54, 1.807) is 0 Å². The second-order valence-electron chi connectivity index (χ2n) is 5.82. The van der Waals surface area contributed by atoms with Crippen molar-refractivity contribution in [2.24, 2.45) is 0 Å². The number of amides is 1. The van der Waals surface area contributed by atoms with E-state index in [4.69, 9.17) is 0 Å². The van der Waals surface area contributed by atoms with E-state index >= 15 is 0 Å². The minimum Gasteiger partial charge on any atom is -0.341 e. The molecule has 2 aliphatic rings. The lowest BCUT2D eigenvalue weighted by molar-refractivity contribution is -0.135. The topological polar surface area (TPSA) is 43.9 Å². The summed E-state index contributed by atoms with van der Waals surface area (Å²) in [6, 6.07) is 0.598. The molecule has 0 aromatic heterocycles. The Morgan fingerprint density at radius 2 is 1.85 bits per heavy atom. The molecule has 0 radical (unpaired) electrons. The van der Waals surface area contributed by atoms with Gasteiger partial charge in [-0.2, -0.15) is 0 Å². The number of rotatable bonds is 5. The molecule has 0 spiro atoms. The van der Waals surface area contributed by atoms with Gasteiger partial charge in [0.25, 0.3) is 0 Å². The van der Waals surface area contributed by atoms with Crippen LogP contribution in [0.5, 0.6) is 0 Å². The lowest BCUT2D eigenvalue weighted by Crippen LogP contribution is -2.44. The van der Waals surface area contributed by atoms with Crippen LogP contribution in [0.25, 0.3) is 0 Å². The summed E-state index contributed by atoms with van der Waals surface area (Å²) in [5.41, 5.74) is 0. The van der Waals surface area contributed by atoms with Crippen molar-refractivity contribution < 1.29 is 9.59 Å². The third-order valence-electron chi connectivity index (χ3n) is 4.61. The van der Waals surface area contributed by atoms with E-state index in [2.05, 4.69) is 23.6 Å². The molecule has 0 N–H and O–H groups in total. The molecule has 5 heteroatoms. The quantitative estimate of drug-likeness (QED) is 0.740. The molecule has 0 aromatic carbocycles. The smallest absolute Gasteiger partial charge is 0.236 e. The van der Waals surface area contributed by atoms with Crippen LogP contribution in [-0.4, -0.2) is 78.2 Å². The van der Waals surface area contributed by atoms with Crippen molar-refractivity contribution in [3.63, 3.8) is 0 Å². The molecule has 2 rings (SSSR count). The largest absolute Gasteiger partial charge is 0.341 e. The number of piperidine rings is 1. The van der Waals surface area contributed by atoms with Crippen molar-refractivity contribution in [1.29, 1.82) is 0 Å². The fourth-order valence-electron chi connectivity index (χ4n) is 3.29. The molecule has 2 aliphatic heterocycles. The highest BCUT2D eigenvalue weighted by molar-refractivity contribution is 5.84. The second-order valence-corrected chi connectivity index (χ2v) is 5.82. The highest BCUT2D eigenvalue weighted by Crippen LogP contribution is 2.16. The van der Waals surface area contributed by atoms with Gasteiger partial charge in [0.05, 0.1) is 6.54 Å². The third-order valence-corrected chi connectivity index (χ3v) is 4.61. The van der Waals surface area contributed by atoms with E-state index in [0.29, 0.717) is 38.5 Å². The van der Waals surface area contributed by atoms with Crippen LogP contribution in [-0.2, 0) is 9.59 Å². The Hall–Kier alpha value is -0.940. The number of ketones is 1. The molecule has 114 valence electrons. The van der Waals surface area contributed by atoms with Crippen molar-refractivity contribution in [2.75, 3.05) is 45.8 Å². The minimum atomic E-state index is 0.192. The fraction of sp³-hybridized carbons (Fsp3) is 0.867. The Kier molecular flexibility index (Phi) is 5.54. The van der Waals surface area contributed by atoms with Crippen LogP contribution in [0.4, 0.5) is 0 Å². The van der Waals surface area contributed by atoms with Gasteiger partial charge >= 0.3 is 0 Å². The van der Waals surface area contributed by atoms with Gasteiger partial charge in [0.15, 0.2) is 0 Å². The first-order valence-corrected chi connectivity index (χ1v) is 7.90. The molecular weight excluding hydrogens is 254 g/mol. The molecular formula is C15H27N3O2. The number of hydrogen-bond acceptors (Lipinski definition) is 4. The van der Waals surface area contributed by atoms with Gasteiger partial charge in [0.2, 0.25) is 5.91 Å². The molecule has 1 unspecified atom stereocenters. The number of Topliss-reactive ketones (excluding diaryl/α,β-unsaturated/α-hetero) is 1. The summed E-state index contributed by atoms with van der Waals surface area (Å²) in [7, 11) is 0. The summed E-state index contributed by atoms with van der Waals surface area (Å²) in [5, 5.41) is 0. The molecule has 2 heterocycles. The summed E-state index contributed by atoms with van der Waals surface area (Å²) in [5.74, 6) is 0.481. The van der Waals surface area contributed by atoms with Crippen LogP contribution >= 0.6 is 0 Å². The summed E-state index contributed by atoms with van der Waals surface area (Å²) in [6.07, 6.45) is 2.23. The Balaban J connectivity index is 1.77. The standard InChI is InChI=1S/C15H27N3O2/c1-3-17(4-2)13-5-8-16(11-13)12-15(20)18-9-6-14(19)7-10-18/h13H,3-12H2,1-2H3. The zero-order chi connectivity index (χ0) is 14.5. The fourth-order valence-corrected chi connectivity index (χ4v) is 3.29. The van der Waals surface area contributed by atoms with Gasteiger partial charge in [0, 0.05) is 45.1 Å². The van der Waals surface area contributed by atoms with Gasteiger partial charge in [-0.1, -0.05) is 13.8 Å². The van der Waals surface area contributed by atoms with Gasteiger partial charge in [-0.3, -0.25) is 19.4 Å². The third kappa shape index (κ3) is 3.79. The van der Waals surface area contributed by atoms with Crippen molar-refractivity contribution in [3.8, 4) is 0 Å². The molecule has 5 nitrogen and oxygen atoms in total. The maximum atomic E-state index is 12.2. The number of likely N-dealkylation sites (N-methyl/N-ethyl adjacent to an activating group) is 1. The van der Waals surface area contributed by atoms with Crippen LogP contribution in [0.15, 0.2) is 0 Å². The first-order valence-electron chi connectivity index (χ1n) is 7.90.